The fourth-order valence-corrected chi connectivity index (χ4v) is 2.92. The summed E-state index contributed by atoms with van der Waals surface area (Å²) >= 11 is 3.28. The first-order valence-electron chi connectivity index (χ1n) is 8.51. The Labute approximate surface area is 166 Å². The standard InChI is InChI=1S/C19H22BrN3O4/c1-3-10-22(19(26)13-23-11-14(20)8-9-18(23)25)12-17(24)21-15-6-4-5-7-16(15)27-2/h4-9,11H,3,10,12-13H2,1-2H3,(H,21,24). The van der Waals surface area contributed by atoms with E-state index in [0.29, 0.717) is 28.9 Å². The van der Waals surface area contributed by atoms with E-state index in [0.717, 1.165) is 0 Å². The largest absolute Gasteiger partial charge is 0.495 e. The maximum atomic E-state index is 12.6. The maximum absolute atomic E-state index is 12.6. The topological polar surface area (TPSA) is 80.6 Å². The Morgan fingerprint density at radius 2 is 1.96 bits per heavy atom. The fraction of sp³-hybridized carbons (Fsp3) is 0.316. The molecule has 1 aromatic heterocycles. The number of rotatable bonds is 8. The first kappa shape index (κ1) is 20.7. The van der Waals surface area contributed by atoms with Crippen LogP contribution in [0.15, 0.2) is 51.9 Å². The summed E-state index contributed by atoms with van der Waals surface area (Å²) in [6.07, 6.45) is 2.25. The van der Waals surface area contributed by atoms with Gasteiger partial charge in [-0.1, -0.05) is 19.1 Å². The average molecular weight is 436 g/mol. The molecule has 0 aliphatic rings. The van der Waals surface area contributed by atoms with Crippen LogP contribution in [0.4, 0.5) is 5.69 Å². The minimum atomic E-state index is -0.331. The average Bonchev–Trinajstić information content (AvgIpc) is 2.64. The molecule has 2 amide bonds. The van der Waals surface area contributed by atoms with Gasteiger partial charge in [-0.2, -0.15) is 0 Å². The van der Waals surface area contributed by atoms with E-state index in [2.05, 4.69) is 21.2 Å². The Morgan fingerprint density at radius 1 is 1.22 bits per heavy atom. The monoisotopic (exact) mass is 435 g/mol. The lowest BCUT2D eigenvalue weighted by molar-refractivity contribution is -0.135. The van der Waals surface area contributed by atoms with Crippen LogP contribution in [0.5, 0.6) is 5.75 Å². The van der Waals surface area contributed by atoms with E-state index in [1.807, 2.05) is 6.92 Å². The number of halogens is 1. The molecular formula is C19H22BrN3O4. The third-order valence-corrected chi connectivity index (χ3v) is 4.28. The van der Waals surface area contributed by atoms with Gasteiger partial charge in [0.1, 0.15) is 12.3 Å². The number of para-hydroxylation sites is 2. The number of benzene rings is 1. The van der Waals surface area contributed by atoms with E-state index < -0.39 is 0 Å². The molecule has 1 aromatic carbocycles. The Morgan fingerprint density at radius 3 is 2.67 bits per heavy atom. The summed E-state index contributed by atoms with van der Waals surface area (Å²) in [7, 11) is 1.52. The second-order valence-electron chi connectivity index (χ2n) is 5.88. The van der Waals surface area contributed by atoms with Gasteiger partial charge >= 0.3 is 0 Å². The van der Waals surface area contributed by atoms with Crippen molar-refractivity contribution < 1.29 is 14.3 Å². The lowest BCUT2D eigenvalue weighted by Crippen LogP contribution is -2.41. The molecule has 2 aromatic rings. The van der Waals surface area contributed by atoms with Crippen LogP contribution in [0.25, 0.3) is 0 Å². The number of ether oxygens (including phenoxy) is 1. The van der Waals surface area contributed by atoms with E-state index in [9.17, 15) is 14.4 Å². The fourth-order valence-electron chi connectivity index (χ4n) is 2.54. The zero-order chi connectivity index (χ0) is 19.8. The highest BCUT2D eigenvalue weighted by Crippen LogP contribution is 2.22. The highest BCUT2D eigenvalue weighted by atomic mass is 79.9. The molecule has 0 spiro atoms. The molecule has 2 rings (SSSR count). The Bertz CT molecular complexity index is 866. The summed E-state index contributed by atoms with van der Waals surface area (Å²) < 4.78 is 7.22. The normalized spacial score (nSPS) is 10.3. The highest BCUT2D eigenvalue weighted by molar-refractivity contribution is 9.10. The van der Waals surface area contributed by atoms with Gasteiger partial charge in [-0.05, 0) is 40.5 Å². The van der Waals surface area contributed by atoms with Crippen molar-refractivity contribution in [1.29, 1.82) is 0 Å². The Kier molecular flexibility index (Phi) is 7.60. The molecule has 0 saturated heterocycles. The molecule has 0 saturated carbocycles. The second-order valence-corrected chi connectivity index (χ2v) is 6.79. The first-order valence-corrected chi connectivity index (χ1v) is 9.30. The predicted octanol–water partition coefficient (Wildman–Crippen LogP) is 2.50. The van der Waals surface area contributed by atoms with E-state index >= 15 is 0 Å². The number of hydrogen-bond donors (Lipinski definition) is 1. The van der Waals surface area contributed by atoms with Crippen LogP contribution in [0.2, 0.25) is 0 Å². The molecule has 27 heavy (non-hydrogen) atoms. The number of nitrogens with one attached hydrogen (secondary N) is 1. The van der Waals surface area contributed by atoms with Gasteiger partial charge in [0.25, 0.3) is 5.56 Å². The van der Waals surface area contributed by atoms with E-state index in [1.165, 1.54) is 22.6 Å². The number of aromatic nitrogens is 1. The maximum Gasteiger partial charge on any atom is 0.251 e. The molecule has 0 atom stereocenters. The smallest absolute Gasteiger partial charge is 0.251 e. The lowest BCUT2D eigenvalue weighted by Gasteiger charge is -2.22. The summed E-state index contributed by atoms with van der Waals surface area (Å²) in [5, 5.41) is 2.76. The molecule has 0 bridgehead atoms. The molecule has 0 aliphatic carbocycles. The van der Waals surface area contributed by atoms with Gasteiger partial charge in [0.05, 0.1) is 19.3 Å². The lowest BCUT2D eigenvalue weighted by atomic mass is 10.3. The SMILES string of the molecule is CCCN(CC(=O)Nc1ccccc1OC)C(=O)Cn1cc(Br)ccc1=O. The Balaban J connectivity index is 2.07. The van der Waals surface area contributed by atoms with Crippen LogP contribution in [0.1, 0.15) is 13.3 Å². The molecule has 0 unspecified atom stereocenters. The number of hydrogen-bond acceptors (Lipinski definition) is 4. The number of methoxy groups -OCH3 is 1. The molecule has 1 N–H and O–H groups in total. The Hall–Kier alpha value is -2.61. The van der Waals surface area contributed by atoms with Gasteiger partial charge in [0, 0.05) is 23.3 Å². The summed E-state index contributed by atoms with van der Waals surface area (Å²) in [6, 6.07) is 10.1. The van der Waals surface area contributed by atoms with Crippen LogP contribution < -0.4 is 15.6 Å². The van der Waals surface area contributed by atoms with Gasteiger partial charge < -0.3 is 19.5 Å². The first-order chi connectivity index (χ1) is 12.9. The van der Waals surface area contributed by atoms with E-state index in [-0.39, 0.29) is 30.5 Å². The van der Waals surface area contributed by atoms with Gasteiger partial charge in [-0.3, -0.25) is 14.4 Å². The van der Waals surface area contributed by atoms with Crippen molar-refractivity contribution in [2.45, 2.75) is 19.9 Å². The number of pyridine rings is 1. The quantitative estimate of drug-likeness (QED) is 0.690. The van der Waals surface area contributed by atoms with Crippen LogP contribution in [0.3, 0.4) is 0 Å². The summed E-state index contributed by atoms with van der Waals surface area (Å²) in [5.74, 6) is -0.0879. The molecular weight excluding hydrogens is 414 g/mol. The third-order valence-electron chi connectivity index (χ3n) is 3.81. The van der Waals surface area contributed by atoms with Gasteiger partial charge in [-0.25, -0.2) is 0 Å². The third kappa shape index (κ3) is 5.96. The number of carbonyl (C=O) groups excluding carboxylic acids is 2. The van der Waals surface area contributed by atoms with Crippen LogP contribution in [-0.4, -0.2) is 41.5 Å². The van der Waals surface area contributed by atoms with E-state index in [4.69, 9.17) is 4.74 Å². The predicted molar refractivity (Wildman–Crippen MR) is 107 cm³/mol. The van der Waals surface area contributed by atoms with Crippen LogP contribution in [0, 0.1) is 0 Å². The zero-order valence-electron chi connectivity index (χ0n) is 15.3. The minimum absolute atomic E-state index is 0.104. The molecule has 1 heterocycles. The van der Waals surface area contributed by atoms with Crippen molar-refractivity contribution in [2.75, 3.05) is 25.5 Å². The van der Waals surface area contributed by atoms with E-state index in [1.54, 1.807) is 36.5 Å². The zero-order valence-corrected chi connectivity index (χ0v) is 16.9. The molecule has 144 valence electrons. The van der Waals surface area contributed by atoms with Gasteiger partial charge in [0.2, 0.25) is 11.8 Å². The van der Waals surface area contributed by atoms with Crippen molar-refractivity contribution in [1.82, 2.24) is 9.47 Å². The number of carbonyl (C=O) groups is 2. The summed E-state index contributed by atoms with van der Waals surface area (Å²) in [4.78, 5) is 38.4. The molecule has 8 heteroatoms. The molecule has 7 nitrogen and oxygen atoms in total. The summed E-state index contributed by atoms with van der Waals surface area (Å²) in [6.45, 7) is 2.11. The van der Waals surface area contributed by atoms with Gasteiger partial charge in [0.15, 0.2) is 0 Å². The number of nitrogens with zero attached hydrogens (tertiary/aromatic N) is 2. The van der Waals surface area contributed by atoms with Crippen molar-refractivity contribution in [3.63, 3.8) is 0 Å². The van der Waals surface area contributed by atoms with Crippen molar-refractivity contribution in [3.8, 4) is 5.75 Å². The number of amides is 2. The highest BCUT2D eigenvalue weighted by Gasteiger charge is 2.18. The van der Waals surface area contributed by atoms with Crippen LogP contribution >= 0.6 is 15.9 Å². The van der Waals surface area contributed by atoms with Crippen molar-refractivity contribution in [3.05, 3.63) is 57.4 Å². The van der Waals surface area contributed by atoms with Gasteiger partial charge in [-0.15, -0.1) is 0 Å². The minimum Gasteiger partial charge on any atom is -0.495 e. The molecule has 0 radical (unpaired) electrons. The molecule has 0 fully saturated rings. The summed E-state index contributed by atoms with van der Waals surface area (Å²) in [5.41, 5.74) is 0.263. The van der Waals surface area contributed by atoms with Crippen molar-refractivity contribution >= 4 is 33.4 Å². The van der Waals surface area contributed by atoms with Crippen molar-refractivity contribution in [2.24, 2.45) is 0 Å². The van der Waals surface area contributed by atoms with Crippen LogP contribution in [-0.2, 0) is 16.1 Å². The molecule has 0 aliphatic heterocycles. The number of anilines is 1. The second kappa shape index (κ2) is 9.91.